The summed E-state index contributed by atoms with van der Waals surface area (Å²) in [5.74, 6) is 0.298. The molecule has 0 saturated heterocycles. The zero-order valence-corrected chi connectivity index (χ0v) is 12.3. The number of rotatable bonds is 2. The van der Waals surface area contributed by atoms with Gasteiger partial charge < -0.3 is 0 Å². The lowest BCUT2D eigenvalue weighted by atomic mass is 9.78. The van der Waals surface area contributed by atoms with Gasteiger partial charge in [-0.25, -0.2) is 0 Å². The van der Waals surface area contributed by atoms with Gasteiger partial charge in [0, 0.05) is 5.56 Å². The Hall–Kier alpha value is -0.630. The average Bonchev–Trinajstić information content (AvgIpc) is 2.44. The van der Waals surface area contributed by atoms with Gasteiger partial charge in [-0.05, 0) is 73.6 Å². The van der Waals surface area contributed by atoms with Crippen LogP contribution in [0.4, 0.5) is 0 Å². The molecule has 2 aliphatic carbocycles. The van der Waals surface area contributed by atoms with Crippen LogP contribution in [-0.2, 0) is 25.7 Å². The smallest absolute Gasteiger partial charge is 0.173 e. The van der Waals surface area contributed by atoms with Gasteiger partial charge in [0.15, 0.2) is 5.78 Å². The minimum absolute atomic E-state index is 0.298. The van der Waals surface area contributed by atoms with Gasteiger partial charge in [0.2, 0.25) is 0 Å². The van der Waals surface area contributed by atoms with Crippen LogP contribution >= 0.6 is 15.9 Å². The lowest BCUT2D eigenvalue weighted by Gasteiger charge is -2.26. The first-order valence-corrected chi connectivity index (χ1v) is 8.19. The van der Waals surface area contributed by atoms with Crippen LogP contribution in [0.2, 0.25) is 0 Å². The Morgan fingerprint density at radius 2 is 1.44 bits per heavy atom. The molecule has 0 amide bonds. The summed E-state index contributed by atoms with van der Waals surface area (Å²) < 4.78 is 0. The first kappa shape index (κ1) is 12.4. The fourth-order valence-corrected chi connectivity index (χ4v) is 3.82. The molecule has 0 unspecified atom stereocenters. The summed E-state index contributed by atoms with van der Waals surface area (Å²) in [5.41, 5.74) is 6.79. The zero-order chi connectivity index (χ0) is 12.5. The molecule has 96 valence electrons. The van der Waals surface area contributed by atoms with E-state index in [0.717, 1.165) is 18.4 Å². The number of ketones is 1. The predicted octanol–water partition coefficient (Wildman–Crippen LogP) is 4.02. The normalized spacial score (nSPS) is 18.1. The van der Waals surface area contributed by atoms with Crippen LogP contribution in [0.15, 0.2) is 6.07 Å². The van der Waals surface area contributed by atoms with E-state index in [0.29, 0.717) is 11.1 Å². The number of hydrogen-bond acceptors (Lipinski definition) is 1. The zero-order valence-electron chi connectivity index (χ0n) is 10.7. The van der Waals surface area contributed by atoms with E-state index in [4.69, 9.17) is 0 Å². The van der Waals surface area contributed by atoms with Crippen molar-refractivity contribution in [1.82, 2.24) is 0 Å². The van der Waals surface area contributed by atoms with Crippen molar-refractivity contribution in [3.8, 4) is 0 Å². The summed E-state index contributed by atoms with van der Waals surface area (Å²) in [6, 6.07) is 2.41. The Labute approximate surface area is 117 Å². The molecule has 1 aromatic carbocycles. The van der Waals surface area contributed by atoms with E-state index in [9.17, 15) is 4.79 Å². The highest BCUT2D eigenvalue weighted by atomic mass is 79.9. The van der Waals surface area contributed by atoms with Gasteiger partial charge in [0.05, 0.1) is 5.33 Å². The number of alkyl halides is 1. The number of carbonyl (C=O) groups excluding carboxylic acids is 1. The molecule has 0 heterocycles. The Balaban J connectivity index is 2.20. The Kier molecular flexibility index (Phi) is 3.56. The second kappa shape index (κ2) is 5.16. The molecule has 0 aromatic heterocycles. The lowest BCUT2D eigenvalue weighted by Crippen LogP contribution is -2.18. The Morgan fingerprint density at radius 1 is 0.944 bits per heavy atom. The number of hydrogen-bond donors (Lipinski definition) is 0. The third kappa shape index (κ3) is 2.05. The van der Waals surface area contributed by atoms with E-state index < -0.39 is 0 Å². The predicted molar refractivity (Wildman–Crippen MR) is 77.9 cm³/mol. The maximum Gasteiger partial charge on any atom is 0.173 e. The summed E-state index contributed by atoms with van der Waals surface area (Å²) in [6.07, 6.45) is 9.62. The molecule has 1 nitrogen and oxygen atoms in total. The third-order valence-electron chi connectivity index (χ3n) is 4.37. The molecular weight excluding hydrogens is 288 g/mol. The number of carbonyl (C=O) groups is 1. The van der Waals surface area contributed by atoms with Crippen molar-refractivity contribution >= 4 is 21.7 Å². The number of benzene rings is 1. The summed E-state index contributed by atoms with van der Waals surface area (Å²) in [7, 11) is 0. The van der Waals surface area contributed by atoms with Crippen LogP contribution in [0.1, 0.15) is 58.3 Å². The average molecular weight is 307 g/mol. The molecule has 0 radical (unpaired) electrons. The van der Waals surface area contributed by atoms with E-state index in [1.807, 2.05) is 0 Å². The minimum atomic E-state index is 0.298. The highest BCUT2D eigenvalue weighted by Crippen LogP contribution is 2.34. The van der Waals surface area contributed by atoms with Crippen LogP contribution < -0.4 is 0 Å². The van der Waals surface area contributed by atoms with Crippen molar-refractivity contribution in [1.29, 1.82) is 0 Å². The lowest BCUT2D eigenvalue weighted by molar-refractivity contribution is 0.102. The largest absolute Gasteiger partial charge is 0.293 e. The summed E-state index contributed by atoms with van der Waals surface area (Å²) in [5, 5.41) is 0.468. The van der Waals surface area contributed by atoms with Gasteiger partial charge in [-0.1, -0.05) is 22.0 Å². The van der Waals surface area contributed by atoms with Gasteiger partial charge in [-0.15, -0.1) is 0 Å². The molecule has 1 aromatic rings. The van der Waals surface area contributed by atoms with Gasteiger partial charge in [-0.2, -0.15) is 0 Å². The van der Waals surface area contributed by atoms with Crippen LogP contribution in [0.25, 0.3) is 0 Å². The molecule has 18 heavy (non-hydrogen) atoms. The van der Waals surface area contributed by atoms with E-state index in [-0.39, 0.29) is 0 Å². The highest BCUT2D eigenvalue weighted by molar-refractivity contribution is 9.09. The number of halogens is 1. The van der Waals surface area contributed by atoms with Crippen molar-refractivity contribution in [3.63, 3.8) is 0 Å². The molecular formula is C16H19BrO. The van der Waals surface area contributed by atoms with Crippen LogP contribution in [0, 0.1) is 0 Å². The quantitative estimate of drug-likeness (QED) is 0.596. The topological polar surface area (TPSA) is 17.1 Å². The maximum atomic E-state index is 12.3. The summed E-state index contributed by atoms with van der Waals surface area (Å²) in [4.78, 5) is 12.3. The highest BCUT2D eigenvalue weighted by Gasteiger charge is 2.24. The van der Waals surface area contributed by atoms with Crippen molar-refractivity contribution < 1.29 is 4.79 Å². The van der Waals surface area contributed by atoms with E-state index in [1.54, 1.807) is 0 Å². The van der Waals surface area contributed by atoms with E-state index in [2.05, 4.69) is 22.0 Å². The third-order valence-corrected chi connectivity index (χ3v) is 4.88. The molecule has 0 spiro atoms. The fraction of sp³-hybridized carbons (Fsp3) is 0.562. The summed E-state index contributed by atoms with van der Waals surface area (Å²) in [6.45, 7) is 0. The fourth-order valence-electron chi connectivity index (χ4n) is 3.54. The molecule has 0 N–H and O–H groups in total. The number of aryl methyl sites for hydroxylation is 2. The number of fused-ring (bicyclic) bond motifs is 2. The van der Waals surface area contributed by atoms with Crippen LogP contribution in [0.3, 0.4) is 0 Å². The van der Waals surface area contributed by atoms with Gasteiger partial charge >= 0.3 is 0 Å². The van der Waals surface area contributed by atoms with Gasteiger partial charge in [-0.3, -0.25) is 4.79 Å². The number of Topliss-reactive ketones (excluding diaryl/α,β-unsaturated/α-hetero) is 1. The first-order valence-electron chi connectivity index (χ1n) is 7.07. The van der Waals surface area contributed by atoms with E-state index >= 15 is 0 Å². The molecule has 2 heteroatoms. The second-order valence-corrected chi connectivity index (χ2v) is 6.06. The van der Waals surface area contributed by atoms with E-state index in [1.165, 1.54) is 60.8 Å². The molecule has 0 atom stereocenters. The van der Waals surface area contributed by atoms with Crippen LogP contribution in [-0.4, -0.2) is 11.1 Å². The summed E-state index contributed by atoms with van der Waals surface area (Å²) >= 11 is 3.36. The molecule has 0 fully saturated rings. The standard InChI is InChI=1S/C16H19BrO/c17-10-15(18)16-13-7-3-1-5-11(13)9-12-6-2-4-8-14(12)16/h9H,1-8,10H2. The Morgan fingerprint density at radius 3 is 1.94 bits per heavy atom. The SMILES string of the molecule is O=C(CBr)c1c2c(cc3c1CCCC3)CCCC2. The second-order valence-electron chi connectivity index (χ2n) is 5.50. The molecule has 2 aliphatic rings. The first-order chi connectivity index (χ1) is 8.81. The molecule has 0 aliphatic heterocycles. The molecule has 3 rings (SSSR count). The van der Waals surface area contributed by atoms with Gasteiger partial charge in [0.1, 0.15) is 0 Å². The van der Waals surface area contributed by atoms with Crippen molar-refractivity contribution in [2.75, 3.05) is 5.33 Å². The molecule has 0 saturated carbocycles. The van der Waals surface area contributed by atoms with Crippen LogP contribution in [0.5, 0.6) is 0 Å². The maximum absolute atomic E-state index is 12.3. The van der Waals surface area contributed by atoms with Crippen molar-refractivity contribution in [2.24, 2.45) is 0 Å². The van der Waals surface area contributed by atoms with Gasteiger partial charge in [0.25, 0.3) is 0 Å². The Bertz CT molecular complexity index is 456. The molecule has 0 bridgehead atoms. The monoisotopic (exact) mass is 306 g/mol. The van der Waals surface area contributed by atoms with Crippen molar-refractivity contribution in [3.05, 3.63) is 33.9 Å². The van der Waals surface area contributed by atoms with Crippen molar-refractivity contribution in [2.45, 2.75) is 51.4 Å². The minimum Gasteiger partial charge on any atom is -0.293 e.